The van der Waals surface area contributed by atoms with Gasteiger partial charge >= 0.3 is 5.92 Å². The summed E-state index contributed by atoms with van der Waals surface area (Å²) in [6.45, 7) is 1.12. The summed E-state index contributed by atoms with van der Waals surface area (Å²) in [6.07, 6.45) is 4.25. The molecule has 12 heavy (non-hydrogen) atoms. The zero-order valence-electron chi connectivity index (χ0n) is 6.76. The minimum atomic E-state index is -2.92. The zero-order valence-corrected chi connectivity index (χ0v) is 6.76. The van der Waals surface area contributed by atoms with E-state index in [1.54, 1.807) is 6.08 Å². The predicted octanol–water partition coefficient (Wildman–Crippen LogP) is 1.64. The Morgan fingerprint density at radius 3 is 2.83 bits per heavy atom. The number of rotatable bonds is 2. The summed E-state index contributed by atoms with van der Waals surface area (Å²) in [5.41, 5.74) is 5.31. The molecule has 0 radical (unpaired) electrons. The largest absolute Gasteiger partial charge is 0.464 e. The van der Waals surface area contributed by atoms with E-state index < -0.39 is 5.92 Å². The fourth-order valence-corrected chi connectivity index (χ4v) is 0.899. The Morgan fingerprint density at radius 2 is 2.33 bits per heavy atom. The van der Waals surface area contributed by atoms with Gasteiger partial charge in [-0.15, -0.1) is 0 Å². The van der Waals surface area contributed by atoms with E-state index in [-0.39, 0.29) is 11.7 Å². The van der Waals surface area contributed by atoms with Crippen LogP contribution < -0.4 is 5.73 Å². The normalized spacial score (nSPS) is 23.3. The second-order valence-corrected chi connectivity index (χ2v) is 2.77. The molecule has 1 aliphatic rings. The number of alkyl halides is 2. The first-order valence-corrected chi connectivity index (χ1v) is 3.67. The van der Waals surface area contributed by atoms with Crippen molar-refractivity contribution >= 4 is 0 Å². The molecule has 2 N–H and O–H groups in total. The Labute approximate surface area is 69.7 Å². The SMILES string of the molecule is CC(F)(F)C1=C[C@@H](CN)C=CO1. The molecule has 1 rings (SSSR count). The van der Waals surface area contributed by atoms with Gasteiger partial charge in [-0.25, -0.2) is 0 Å². The first-order chi connectivity index (χ1) is 5.54. The summed E-state index contributed by atoms with van der Waals surface area (Å²) in [7, 11) is 0. The van der Waals surface area contributed by atoms with E-state index in [1.165, 1.54) is 12.3 Å². The highest BCUT2D eigenvalue weighted by molar-refractivity contribution is 5.14. The molecule has 0 amide bonds. The molecule has 0 bridgehead atoms. The molecule has 0 saturated carbocycles. The highest BCUT2D eigenvalue weighted by atomic mass is 19.3. The quantitative estimate of drug-likeness (QED) is 0.692. The molecule has 2 nitrogen and oxygen atoms in total. The number of allylic oxidation sites excluding steroid dienone is 1. The Balaban J connectivity index is 2.74. The van der Waals surface area contributed by atoms with Crippen LogP contribution in [0.1, 0.15) is 6.92 Å². The molecule has 0 fully saturated rings. The lowest BCUT2D eigenvalue weighted by molar-refractivity contribution is 0.0120. The summed E-state index contributed by atoms with van der Waals surface area (Å²) in [6, 6.07) is 0. The molecule has 0 saturated heterocycles. The lowest BCUT2D eigenvalue weighted by atomic mass is 10.1. The van der Waals surface area contributed by atoms with Gasteiger partial charge < -0.3 is 10.5 Å². The maximum Gasteiger partial charge on any atom is 0.301 e. The molecule has 0 aromatic heterocycles. The fourth-order valence-electron chi connectivity index (χ4n) is 0.899. The molecule has 1 atom stereocenters. The maximum atomic E-state index is 12.6. The first-order valence-electron chi connectivity index (χ1n) is 3.67. The summed E-state index contributed by atoms with van der Waals surface area (Å²) >= 11 is 0. The topological polar surface area (TPSA) is 35.2 Å². The van der Waals surface area contributed by atoms with E-state index >= 15 is 0 Å². The van der Waals surface area contributed by atoms with Gasteiger partial charge in [0.2, 0.25) is 0 Å². The highest BCUT2D eigenvalue weighted by Gasteiger charge is 2.30. The average molecular weight is 175 g/mol. The fraction of sp³-hybridized carbons (Fsp3) is 0.500. The van der Waals surface area contributed by atoms with Crippen LogP contribution in [0.4, 0.5) is 8.78 Å². The van der Waals surface area contributed by atoms with Gasteiger partial charge in [0.15, 0.2) is 5.76 Å². The molecule has 4 heteroatoms. The van der Waals surface area contributed by atoms with Gasteiger partial charge in [-0.1, -0.05) is 0 Å². The minimum Gasteiger partial charge on any atom is -0.464 e. The number of halogens is 2. The van der Waals surface area contributed by atoms with Crippen molar-refractivity contribution in [3.05, 3.63) is 24.2 Å². The number of hydrogen-bond acceptors (Lipinski definition) is 2. The van der Waals surface area contributed by atoms with E-state index in [0.29, 0.717) is 6.54 Å². The van der Waals surface area contributed by atoms with E-state index in [4.69, 9.17) is 5.73 Å². The van der Waals surface area contributed by atoms with Crippen molar-refractivity contribution in [1.29, 1.82) is 0 Å². The molecule has 0 aliphatic carbocycles. The summed E-state index contributed by atoms with van der Waals surface area (Å²) < 4.78 is 29.9. The van der Waals surface area contributed by atoms with E-state index in [9.17, 15) is 8.78 Å². The maximum absolute atomic E-state index is 12.6. The van der Waals surface area contributed by atoms with Crippen LogP contribution in [0.2, 0.25) is 0 Å². The van der Waals surface area contributed by atoms with E-state index in [2.05, 4.69) is 4.74 Å². The molecular weight excluding hydrogens is 164 g/mol. The number of hydrogen-bond donors (Lipinski definition) is 1. The van der Waals surface area contributed by atoms with Gasteiger partial charge in [0, 0.05) is 19.4 Å². The molecule has 68 valence electrons. The lowest BCUT2D eigenvalue weighted by Crippen LogP contribution is -2.21. The molecule has 1 aliphatic heterocycles. The van der Waals surface area contributed by atoms with Crippen LogP contribution in [0.5, 0.6) is 0 Å². The summed E-state index contributed by atoms with van der Waals surface area (Å²) in [5, 5.41) is 0. The van der Waals surface area contributed by atoms with Crippen molar-refractivity contribution in [1.82, 2.24) is 0 Å². The van der Waals surface area contributed by atoms with Crippen molar-refractivity contribution in [2.75, 3.05) is 6.54 Å². The second kappa shape index (κ2) is 3.23. The van der Waals surface area contributed by atoms with Gasteiger partial charge in [0.1, 0.15) is 0 Å². The van der Waals surface area contributed by atoms with Gasteiger partial charge in [-0.3, -0.25) is 0 Å². The molecule has 0 spiro atoms. The van der Waals surface area contributed by atoms with Crippen molar-refractivity contribution in [3.63, 3.8) is 0 Å². The van der Waals surface area contributed by atoms with Crippen molar-refractivity contribution in [2.24, 2.45) is 11.7 Å². The van der Waals surface area contributed by atoms with Crippen LogP contribution in [-0.4, -0.2) is 12.5 Å². The zero-order chi connectivity index (χ0) is 9.19. The van der Waals surface area contributed by atoms with Gasteiger partial charge in [0.25, 0.3) is 0 Å². The van der Waals surface area contributed by atoms with Crippen LogP contribution in [0.15, 0.2) is 24.2 Å². The first kappa shape index (κ1) is 9.19. The molecule has 0 unspecified atom stereocenters. The standard InChI is InChI=1S/C8H11F2NO/c1-8(9,10)7-4-6(5-11)2-3-12-7/h2-4,6H,5,11H2,1H3/t6-/m0/s1. The third kappa shape index (κ3) is 2.04. The monoisotopic (exact) mass is 175 g/mol. The van der Waals surface area contributed by atoms with Gasteiger partial charge in [0.05, 0.1) is 6.26 Å². The molecular formula is C8H11F2NO. The minimum absolute atomic E-state index is 0.139. The smallest absolute Gasteiger partial charge is 0.301 e. The van der Waals surface area contributed by atoms with Crippen molar-refractivity contribution in [2.45, 2.75) is 12.8 Å². The van der Waals surface area contributed by atoms with Crippen LogP contribution in [0.3, 0.4) is 0 Å². The summed E-state index contributed by atoms with van der Waals surface area (Å²) in [4.78, 5) is 0. The second-order valence-electron chi connectivity index (χ2n) is 2.77. The average Bonchev–Trinajstić information content (AvgIpc) is 2.03. The van der Waals surface area contributed by atoms with Gasteiger partial charge in [-0.05, 0) is 12.2 Å². The van der Waals surface area contributed by atoms with E-state index in [0.717, 1.165) is 6.92 Å². The summed E-state index contributed by atoms with van der Waals surface area (Å²) in [5.74, 6) is -3.38. The third-order valence-corrected chi connectivity index (χ3v) is 1.59. The van der Waals surface area contributed by atoms with Gasteiger partial charge in [-0.2, -0.15) is 8.78 Å². The van der Waals surface area contributed by atoms with Crippen LogP contribution in [0, 0.1) is 5.92 Å². The van der Waals surface area contributed by atoms with Crippen molar-refractivity contribution in [3.8, 4) is 0 Å². The Hall–Kier alpha value is -0.900. The molecule has 0 aromatic carbocycles. The Morgan fingerprint density at radius 1 is 1.67 bits per heavy atom. The van der Waals surface area contributed by atoms with Crippen LogP contribution in [-0.2, 0) is 4.74 Å². The number of nitrogens with two attached hydrogens (primary N) is 1. The highest BCUT2D eigenvalue weighted by Crippen LogP contribution is 2.28. The van der Waals surface area contributed by atoms with Crippen LogP contribution in [0.25, 0.3) is 0 Å². The lowest BCUT2D eigenvalue weighted by Gasteiger charge is -2.19. The third-order valence-electron chi connectivity index (χ3n) is 1.59. The predicted molar refractivity (Wildman–Crippen MR) is 41.5 cm³/mol. The Bertz CT molecular complexity index is 218. The molecule has 0 aromatic rings. The Kier molecular flexibility index (Phi) is 2.47. The van der Waals surface area contributed by atoms with E-state index in [1.807, 2.05) is 0 Å². The van der Waals surface area contributed by atoms with Crippen molar-refractivity contribution < 1.29 is 13.5 Å². The number of ether oxygens (including phenoxy) is 1. The molecule has 1 heterocycles. The van der Waals surface area contributed by atoms with Crippen LogP contribution >= 0.6 is 0 Å².